The summed E-state index contributed by atoms with van der Waals surface area (Å²) in [5, 5.41) is 7.52. The molecule has 0 nitrogen and oxygen atoms in total. The van der Waals surface area contributed by atoms with Crippen LogP contribution in [0.5, 0.6) is 0 Å². The van der Waals surface area contributed by atoms with Crippen LogP contribution in [0.15, 0.2) is 194 Å². The molecule has 9 rings (SSSR count). The van der Waals surface area contributed by atoms with Crippen LogP contribution >= 0.6 is 0 Å². The van der Waals surface area contributed by atoms with E-state index < -0.39 is 0 Å². The first kappa shape index (κ1) is 28.0. The molecule has 0 aliphatic carbocycles. The van der Waals surface area contributed by atoms with Gasteiger partial charge < -0.3 is 0 Å². The highest BCUT2D eigenvalue weighted by atomic mass is 14.2. The third kappa shape index (κ3) is 4.87. The van der Waals surface area contributed by atoms with E-state index in [1.165, 1.54) is 88.0 Å². The second kappa shape index (κ2) is 11.8. The maximum atomic E-state index is 2.41. The number of benzene rings is 9. The van der Waals surface area contributed by atoms with Crippen molar-refractivity contribution in [2.45, 2.75) is 0 Å². The van der Waals surface area contributed by atoms with Crippen LogP contribution in [0.3, 0.4) is 0 Å². The smallest absolute Gasteiger partial charge is 0.00199 e. The molecule has 0 heterocycles. The summed E-state index contributed by atoms with van der Waals surface area (Å²) in [6.45, 7) is 0. The summed E-state index contributed by atoms with van der Waals surface area (Å²) in [5.41, 5.74) is 12.4. The minimum absolute atomic E-state index is 1.21. The van der Waals surface area contributed by atoms with Gasteiger partial charge in [-0.25, -0.2) is 0 Å². The topological polar surface area (TPSA) is 0 Å². The summed E-state index contributed by atoms with van der Waals surface area (Å²) < 4.78 is 0. The number of hydrogen-bond acceptors (Lipinski definition) is 0. The average molecular weight is 609 g/mol. The van der Waals surface area contributed by atoms with Gasteiger partial charge in [0.25, 0.3) is 0 Å². The van der Waals surface area contributed by atoms with Crippen LogP contribution < -0.4 is 0 Å². The zero-order valence-electron chi connectivity index (χ0n) is 26.5. The van der Waals surface area contributed by atoms with Gasteiger partial charge in [-0.2, -0.15) is 0 Å². The predicted molar refractivity (Wildman–Crippen MR) is 206 cm³/mol. The van der Waals surface area contributed by atoms with Gasteiger partial charge in [0, 0.05) is 0 Å². The molecule has 9 aromatic carbocycles. The molecular formula is C48H32. The second-order valence-corrected chi connectivity index (χ2v) is 12.5. The Hall–Kier alpha value is -6.24. The Morgan fingerprint density at radius 1 is 0.208 bits per heavy atom. The minimum atomic E-state index is 1.21. The Morgan fingerprint density at radius 2 is 0.604 bits per heavy atom. The van der Waals surface area contributed by atoms with Crippen LogP contribution in [0.25, 0.3) is 88.0 Å². The van der Waals surface area contributed by atoms with E-state index in [0.717, 1.165) is 0 Å². The van der Waals surface area contributed by atoms with Crippen LogP contribution in [0.1, 0.15) is 0 Å². The largest absolute Gasteiger partial charge is 0.0622 e. The summed E-state index contributed by atoms with van der Waals surface area (Å²) in [4.78, 5) is 0. The van der Waals surface area contributed by atoms with Crippen molar-refractivity contribution >= 4 is 32.3 Å². The number of rotatable bonds is 5. The molecule has 0 bridgehead atoms. The summed E-state index contributed by atoms with van der Waals surface area (Å²) in [7, 11) is 0. The molecule has 9 aromatic rings. The van der Waals surface area contributed by atoms with E-state index in [9.17, 15) is 0 Å². The highest BCUT2D eigenvalue weighted by Gasteiger charge is 2.20. The van der Waals surface area contributed by atoms with Crippen molar-refractivity contribution in [3.05, 3.63) is 194 Å². The standard InChI is InChI=1S/C48H32/c1-4-14-33(15-5-1)36-24-25-38-31-40(27-26-37(38)30-36)41-29-28-39(34-16-6-2-7-17-34)32-46(41)48-44-22-12-10-20-42(44)47(35-18-8-3-9-19-35)43-21-11-13-23-45(43)48/h1-32H. The maximum Gasteiger partial charge on any atom is -0.00199 e. The Balaban J connectivity index is 1.32. The molecule has 0 atom stereocenters. The molecule has 224 valence electrons. The van der Waals surface area contributed by atoms with E-state index in [0.29, 0.717) is 0 Å². The summed E-state index contributed by atoms with van der Waals surface area (Å²) >= 11 is 0. The van der Waals surface area contributed by atoms with Gasteiger partial charge >= 0.3 is 0 Å². The molecule has 48 heavy (non-hydrogen) atoms. The first-order valence-electron chi connectivity index (χ1n) is 16.6. The molecule has 0 aliphatic rings. The Kier molecular flexibility index (Phi) is 6.91. The van der Waals surface area contributed by atoms with Crippen molar-refractivity contribution in [3.63, 3.8) is 0 Å². The molecule has 0 spiro atoms. The fourth-order valence-corrected chi connectivity index (χ4v) is 7.37. The lowest BCUT2D eigenvalue weighted by Gasteiger charge is -2.20. The summed E-state index contributed by atoms with van der Waals surface area (Å²) in [5.74, 6) is 0. The van der Waals surface area contributed by atoms with E-state index >= 15 is 0 Å². The normalized spacial score (nSPS) is 11.3. The van der Waals surface area contributed by atoms with Gasteiger partial charge in [0.05, 0.1) is 0 Å². The zero-order chi connectivity index (χ0) is 31.9. The van der Waals surface area contributed by atoms with Gasteiger partial charge in [-0.3, -0.25) is 0 Å². The van der Waals surface area contributed by atoms with Crippen molar-refractivity contribution < 1.29 is 0 Å². The van der Waals surface area contributed by atoms with Crippen LogP contribution in [0, 0.1) is 0 Å². The van der Waals surface area contributed by atoms with Gasteiger partial charge in [-0.1, -0.05) is 176 Å². The van der Waals surface area contributed by atoms with Crippen LogP contribution in [-0.4, -0.2) is 0 Å². The molecule has 0 aromatic heterocycles. The number of hydrogen-bond donors (Lipinski definition) is 0. The molecular weight excluding hydrogens is 577 g/mol. The van der Waals surface area contributed by atoms with Gasteiger partial charge in [-0.05, 0) is 106 Å². The molecule has 0 N–H and O–H groups in total. The average Bonchev–Trinajstić information content (AvgIpc) is 3.17. The molecule has 0 amide bonds. The van der Waals surface area contributed by atoms with E-state index in [-0.39, 0.29) is 0 Å². The van der Waals surface area contributed by atoms with Gasteiger partial charge in [-0.15, -0.1) is 0 Å². The van der Waals surface area contributed by atoms with Gasteiger partial charge in [0.1, 0.15) is 0 Å². The van der Waals surface area contributed by atoms with E-state index in [1.807, 2.05) is 0 Å². The molecule has 0 heteroatoms. The van der Waals surface area contributed by atoms with Crippen LogP contribution in [0.4, 0.5) is 0 Å². The van der Waals surface area contributed by atoms with Crippen LogP contribution in [-0.2, 0) is 0 Å². The first-order chi connectivity index (χ1) is 23.8. The van der Waals surface area contributed by atoms with E-state index in [4.69, 9.17) is 0 Å². The zero-order valence-corrected chi connectivity index (χ0v) is 26.5. The lowest BCUT2D eigenvalue weighted by molar-refractivity contribution is 1.59. The maximum absolute atomic E-state index is 2.41. The summed E-state index contributed by atoms with van der Waals surface area (Å²) in [6, 6.07) is 70.8. The van der Waals surface area contributed by atoms with Gasteiger partial charge in [0.2, 0.25) is 0 Å². The minimum Gasteiger partial charge on any atom is -0.0622 e. The molecule has 0 fully saturated rings. The third-order valence-corrected chi connectivity index (χ3v) is 9.65. The lowest BCUT2D eigenvalue weighted by Crippen LogP contribution is -1.93. The van der Waals surface area contributed by atoms with E-state index in [2.05, 4.69) is 194 Å². The lowest BCUT2D eigenvalue weighted by atomic mass is 9.82. The second-order valence-electron chi connectivity index (χ2n) is 12.5. The predicted octanol–water partition coefficient (Wildman–Crippen LogP) is 13.5. The molecule has 0 saturated carbocycles. The molecule has 0 aliphatic heterocycles. The third-order valence-electron chi connectivity index (χ3n) is 9.65. The van der Waals surface area contributed by atoms with Crippen molar-refractivity contribution in [1.29, 1.82) is 0 Å². The highest BCUT2D eigenvalue weighted by Crippen LogP contribution is 2.47. The highest BCUT2D eigenvalue weighted by molar-refractivity contribution is 6.22. The van der Waals surface area contributed by atoms with Crippen molar-refractivity contribution in [2.24, 2.45) is 0 Å². The summed E-state index contributed by atoms with van der Waals surface area (Å²) in [6.07, 6.45) is 0. The first-order valence-corrected chi connectivity index (χ1v) is 16.6. The van der Waals surface area contributed by atoms with Crippen molar-refractivity contribution in [2.75, 3.05) is 0 Å². The Labute approximate surface area is 281 Å². The van der Waals surface area contributed by atoms with Crippen LogP contribution in [0.2, 0.25) is 0 Å². The molecule has 0 unspecified atom stereocenters. The monoisotopic (exact) mass is 608 g/mol. The quantitative estimate of drug-likeness (QED) is 0.171. The Morgan fingerprint density at radius 3 is 1.15 bits per heavy atom. The SMILES string of the molecule is c1ccc(-c2ccc(-c3ccc4cc(-c5ccccc5)ccc4c3)c(-c3c4ccccc4c(-c4ccccc4)c4ccccc34)c2)cc1. The number of fused-ring (bicyclic) bond motifs is 3. The fourth-order valence-electron chi connectivity index (χ4n) is 7.37. The molecule has 0 saturated heterocycles. The fraction of sp³-hybridized carbons (Fsp3) is 0. The van der Waals surface area contributed by atoms with Crippen molar-refractivity contribution in [3.8, 4) is 55.6 Å². The van der Waals surface area contributed by atoms with E-state index in [1.54, 1.807) is 0 Å². The molecule has 0 radical (unpaired) electrons. The van der Waals surface area contributed by atoms with Gasteiger partial charge in [0.15, 0.2) is 0 Å². The Bertz CT molecular complexity index is 2520. The van der Waals surface area contributed by atoms with Crippen molar-refractivity contribution in [1.82, 2.24) is 0 Å².